The van der Waals surface area contributed by atoms with Crippen LogP contribution in [0, 0.1) is 23.9 Å². The Morgan fingerprint density at radius 2 is 1.07 bits per heavy atom. The van der Waals surface area contributed by atoms with E-state index in [1.807, 2.05) is 0 Å². The van der Waals surface area contributed by atoms with Gasteiger partial charge in [-0.1, -0.05) is 27.7 Å². The van der Waals surface area contributed by atoms with Crippen LogP contribution in [0.3, 0.4) is 0 Å². The second kappa shape index (κ2) is 6.17. The van der Waals surface area contributed by atoms with E-state index in [0.717, 1.165) is 24.2 Å². The lowest BCUT2D eigenvalue weighted by atomic mass is 10.9. The first kappa shape index (κ1) is 14.5. The molecule has 0 saturated carbocycles. The number of rotatable bonds is 6. The quantitative estimate of drug-likeness (QED) is 0.509. The summed E-state index contributed by atoms with van der Waals surface area (Å²) in [6.45, 7) is 8.49. The minimum absolute atomic E-state index is 0.969. The summed E-state index contributed by atoms with van der Waals surface area (Å²) in [5, 5.41) is 0. The molecule has 0 unspecified atom stereocenters. The molecule has 0 atom stereocenters. The highest BCUT2D eigenvalue weighted by Crippen LogP contribution is 2.25. The molecule has 0 saturated heterocycles. The molecule has 1 nitrogen and oxygen atoms in total. The highest BCUT2D eigenvalue weighted by Gasteiger charge is 2.40. The van der Waals surface area contributed by atoms with Gasteiger partial charge >= 0.3 is 0 Å². The second-order valence-electron chi connectivity index (χ2n) is 3.79. The van der Waals surface area contributed by atoms with Gasteiger partial charge in [-0.3, -0.25) is 0 Å². The van der Waals surface area contributed by atoms with Gasteiger partial charge in [-0.15, -0.1) is 23.9 Å². The van der Waals surface area contributed by atoms with Crippen molar-refractivity contribution < 1.29 is 4.12 Å². The zero-order chi connectivity index (χ0) is 11.9. The molecule has 0 N–H and O–H groups in total. The van der Waals surface area contributed by atoms with Crippen molar-refractivity contribution in [2.75, 3.05) is 0 Å². The maximum Gasteiger partial charge on any atom is 0.261 e. The number of hydrogen-bond acceptors (Lipinski definition) is 1. The monoisotopic (exact) mass is 238 g/mol. The first-order chi connectivity index (χ1) is 7.07. The summed E-state index contributed by atoms with van der Waals surface area (Å²) < 4.78 is 6.33. The maximum atomic E-state index is 6.33. The summed E-state index contributed by atoms with van der Waals surface area (Å²) >= 11 is 0. The van der Waals surface area contributed by atoms with E-state index in [0.29, 0.717) is 0 Å². The molecule has 0 radical (unpaired) electrons. The third kappa shape index (κ3) is 3.24. The van der Waals surface area contributed by atoms with E-state index in [9.17, 15) is 0 Å². The predicted molar refractivity (Wildman–Crippen MR) is 72.2 cm³/mol. The molecule has 0 aromatic heterocycles. The highest BCUT2D eigenvalue weighted by atomic mass is 28.4. The molecule has 84 valence electrons. The summed E-state index contributed by atoms with van der Waals surface area (Å²) in [5.41, 5.74) is 5.86. The third-order valence-electron chi connectivity index (χ3n) is 3.20. The van der Waals surface area contributed by atoms with Crippen LogP contribution in [0.4, 0.5) is 0 Å². The van der Waals surface area contributed by atoms with Crippen LogP contribution in [-0.4, -0.2) is 16.6 Å². The van der Waals surface area contributed by atoms with E-state index < -0.39 is 16.6 Å². The SMILES string of the molecule is C#C[Si](CC)(CC)O[Si](C#C)(CC)CC. The third-order valence-corrected chi connectivity index (χ3v) is 11.9. The molecule has 0 aromatic rings. The molecule has 0 bridgehead atoms. The van der Waals surface area contributed by atoms with Gasteiger partial charge < -0.3 is 4.12 Å². The Labute approximate surface area is 96.9 Å². The van der Waals surface area contributed by atoms with E-state index >= 15 is 0 Å². The van der Waals surface area contributed by atoms with Crippen molar-refractivity contribution in [3.05, 3.63) is 0 Å². The Morgan fingerprint density at radius 1 is 0.800 bits per heavy atom. The van der Waals surface area contributed by atoms with Crippen molar-refractivity contribution in [1.82, 2.24) is 0 Å². The molecule has 0 aromatic carbocycles. The van der Waals surface area contributed by atoms with Gasteiger partial charge in [0.2, 0.25) is 0 Å². The fraction of sp³-hybridized carbons (Fsp3) is 0.667. The molecular weight excluding hydrogens is 216 g/mol. The smallest absolute Gasteiger partial charge is 0.261 e. The lowest BCUT2D eigenvalue weighted by molar-refractivity contribution is 0.543. The van der Waals surface area contributed by atoms with Gasteiger partial charge in [0.1, 0.15) is 0 Å². The van der Waals surface area contributed by atoms with Crippen LogP contribution in [-0.2, 0) is 4.12 Å². The Kier molecular flexibility index (Phi) is 5.97. The van der Waals surface area contributed by atoms with Crippen molar-refractivity contribution >= 4 is 16.6 Å². The summed E-state index contributed by atoms with van der Waals surface area (Å²) in [5.74, 6) is 0. The molecule has 0 fully saturated rings. The average molecular weight is 238 g/mol. The minimum Gasteiger partial charge on any atom is -0.437 e. The molecule has 15 heavy (non-hydrogen) atoms. The van der Waals surface area contributed by atoms with Crippen molar-refractivity contribution in [1.29, 1.82) is 0 Å². The van der Waals surface area contributed by atoms with E-state index in [2.05, 4.69) is 38.8 Å². The lowest BCUT2D eigenvalue weighted by Crippen LogP contribution is -2.49. The summed E-state index contributed by atoms with van der Waals surface area (Å²) in [7, 11) is -3.94. The molecule has 0 heterocycles. The van der Waals surface area contributed by atoms with E-state index in [1.165, 1.54) is 0 Å². The molecular formula is C12H22OSi2. The molecule has 0 aliphatic heterocycles. The number of hydrogen-bond donors (Lipinski definition) is 0. The topological polar surface area (TPSA) is 9.23 Å². The largest absolute Gasteiger partial charge is 0.437 e. The first-order valence-corrected chi connectivity index (χ1v) is 10.4. The van der Waals surface area contributed by atoms with Crippen molar-refractivity contribution in [3.8, 4) is 23.9 Å². The Balaban J connectivity index is 4.96. The van der Waals surface area contributed by atoms with Gasteiger partial charge in [-0.25, -0.2) is 0 Å². The molecule has 0 aliphatic rings. The second-order valence-corrected chi connectivity index (χ2v) is 12.0. The van der Waals surface area contributed by atoms with Crippen LogP contribution >= 0.6 is 0 Å². The van der Waals surface area contributed by atoms with Gasteiger partial charge in [0.05, 0.1) is 0 Å². The standard InChI is InChI=1S/C12H22OSi2/c1-7-14(8-2,9-3)13-15(10-4,11-5)12-6/h1,4H,8-9,11-12H2,2-3,5-6H3. The van der Waals surface area contributed by atoms with E-state index in [4.69, 9.17) is 17.0 Å². The first-order valence-electron chi connectivity index (χ1n) is 5.73. The fourth-order valence-electron chi connectivity index (χ4n) is 1.63. The van der Waals surface area contributed by atoms with Crippen LogP contribution in [0.2, 0.25) is 24.2 Å². The maximum absolute atomic E-state index is 6.33. The Hall–Kier alpha value is -0.486. The Bertz CT molecular complexity index is 236. The summed E-state index contributed by atoms with van der Waals surface area (Å²) in [6.07, 6.45) is 11.3. The highest BCUT2D eigenvalue weighted by molar-refractivity contribution is 6.94. The van der Waals surface area contributed by atoms with E-state index in [-0.39, 0.29) is 0 Å². The molecule has 0 amide bonds. The van der Waals surface area contributed by atoms with Crippen LogP contribution in [0.1, 0.15) is 27.7 Å². The van der Waals surface area contributed by atoms with Gasteiger partial charge in [0.15, 0.2) is 0 Å². The molecule has 0 spiro atoms. The lowest BCUT2D eigenvalue weighted by Gasteiger charge is -2.34. The van der Waals surface area contributed by atoms with Crippen molar-refractivity contribution in [3.63, 3.8) is 0 Å². The minimum atomic E-state index is -1.97. The Morgan fingerprint density at radius 3 is 1.20 bits per heavy atom. The zero-order valence-electron chi connectivity index (χ0n) is 10.4. The van der Waals surface area contributed by atoms with Crippen LogP contribution in [0.15, 0.2) is 0 Å². The average Bonchev–Trinajstić information content (AvgIpc) is 2.33. The molecule has 3 heteroatoms. The predicted octanol–water partition coefficient (Wildman–Crippen LogP) is 3.32. The van der Waals surface area contributed by atoms with Crippen LogP contribution < -0.4 is 0 Å². The van der Waals surface area contributed by atoms with Crippen molar-refractivity contribution in [2.24, 2.45) is 0 Å². The molecule has 0 rings (SSSR count). The summed E-state index contributed by atoms with van der Waals surface area (Å²) in [6, 6.07) is 3.87. The van der Waals surface area contributed by atoms with Crippen molar-refractivity contribution in [2.45, 2.75) is 51.9 Å². The molecule has 0 aliphatic carbocycles. The summed E-state index contributed by atoms with van der Waals surface area (Å²) in [4.78, 5) is 0. The van der Waals surface area contributed by atoms with E-state index in [1.54, 1.807) is 0 Å². The number of terminal acetylenes is 2. The normalized spacial score (nSPS) is 11.9. The van der Waals surface area contributed by atoms with Crippen LogP contribution in [0.5, 0.6) is 0 Å². The van der Waals surface area contributed by atoms with Gasteiger partial charge in [0.25, 0.3) is 16.6 Å². The van der Waals surface area contributed by atoms with Crippen LogP contribution in [0.25, 0.3) is 0 Å². The van der Waals surface area contributed by atoms with Gasteiger partial charge in [-0.05, 0) is 24.2 Å². The van der Waals surface area contributed by atoms with Gasteiger partial charge in [0, 0.05) is 0 Å². The zero-order valence-corrected chi connectivity index (χ0v) is 12.4. The van der Waals surface area contributed by atoms with Gasteiger partial charge in [-0.2, -0.15) is 0 Å². The fourth-order valence-corrected chi connectivity index (χ4v) is 9.22.